The second-order valence-electron chi connectivity index (χ2n) is 4.47. The van der Waals surface area contributed by atoms with E-state index in [2.05, 4.69) is 15.6 Å². The van der Waals surface area contributed by atoms with Crippen molar-refractivity contribution in [2.75, 3.05) is 10.6 Å². The molecule has 0 spiro atoms. The number of anilines is 2. The first-order valence-electron chi connectivity index (χ1n) is 6.08. The zero-order valence-corrected chi connectivity index (χ0v) is 11.9. The van der Waals surface area contributed by atoms with Crippen LogP contribution in [0.25, 0.3) is 0 Å². The van der Waals surface area contributed by atoms with Gasteiger partial charge < -0.3 is 10.6 Å². The molecule has 1 aromatic heterocycles. The predicted octanol–water partition coefficient (Wildman–Crippen LogP) is 3.43. The van der Waals surface area contributed by atoms with Gasteiger partial charge in [0.1, 0.15) is 5.82 Å². The molecule has 0 saturated carbocycles. The average Bonchev–Trinajstić information content (AvgIpc) is 2.83. The van der Waals surface area contributed by atoms with E-state index in [0.717, 1.165) is 10.4 Å². The number of fused-ring (bicyclic) bond motifs is 1. The molecule has 0 bridgehead atoms. The largest absolute Gasteiger partial charge is 0.380 e. The van der Waals surface area contributed by atoms with Crippen LogP contribution in [-0.4, -0.2) is 10.9 Å². The summed E-state index contributed by atoms with van der Waals surface area (Å²) in [5, 5.41) is 5.70. The van der Waals surface area contributed by atoms with E-state index in [0.29, 0.717) is 35.2 Å². The van der Waals surface area contributed by atoms with Crippen molar-refractivity contribution in [1.82, 2.24) is 4.98 Å². The van der Waals surface area contributed by atoms with Crippen molar-refractivity contribution in [3.05, 3.63) is 39.1 Å². The Balaban J connectivity index is 1.77. The molecule has 3 rings (SSSR count). The van der Waals surface area contributed by atoms with E-state index in [1.807, 2.05) is 6.07 Å². The summed E-state index contributed by atoms with van der Waals surface area (Å²) in [6.45, 7) is 0.537. The molecule has 20 heavy (non-hydrogen) atoms. The summed E-state index contributed by atoms with van der Waals surface area (Å²) in [4.78, 5) is 16.2. The second-order valence-corrected chi connectivity index (χ2v) is 6.17. The monoisotopic (exact) mass is 311 g/mol. The molecule has 104 valence electrons. The third-order valence-electron chi connectivity index (χ3n) is 3.05. The maximum Gasteiger partial charge on any atom is 0.224 e. The van der Waals surface area contributed by atoms with Crippen LogP contribution in [0, 0.1) is 5.82 Å². The van der Waals surface area contributed by atoms with E-state index in [9.17, 15) is 9.18 Å². The second kappa shape index (κ2) is 5.38. The Labute approximate surface area is 124 Å². The van der Waals surface area contributed by atoms with Gasteiger partial charge in [-0.3, -0.25) is 4.79 Å². The number of halogens is 2. The number of aryl methyl sites for hydroxylation is 1. The van der Waals surface area contributed by atoms with Crippen molar-refractivity contribution < 1.29 is 9.18 Å². The van der Waals surface area contributed by atoms with E-state index < -0.39 is 5.82 Å². The number of hydrogen-bond acceptors (Lipinski definition) is 4. The number of carbonyl (C=O) groups excluding carboxylic acids is 1. The molecule has 0 aliphatic carbocycles. The van der Waals surface area contributed by atoms with E-state index in [1.165, 1.54) is 17.4 Å². The van der Waals surface area contributed by atoms with Crippen LogP contribution in [0.4, 0.5) is 15.8 Å². The summed E-state index contributed by atoms with van der Waals surface area (Å²) in [6, 6.07) is 3.24. The minimum Gasteiger partial charge on any atom is -0.380 e. The molecule has 1 aliphatic heterocycles. The van der Waals surface area contributed by atoms with Crippen LogP contribution < -0.4 is 10.6 Å². The Morgan fingerprint density at radius 3 is 3.05 bits per heavy atom. The fourth-order valence-corrected chi connectivity index (χ4v) is 3.03. The maximum atomic E-state index is 13.9. The van der Waals surface area contributed by atoms with Gasteiger partial charge in [-0.25, -0.2) is 9.37 Å². The Kier molecular flexibility index (Phi) is 3.58. The zero-order chi connectivity index (χ0) is 14.1. The molecule has 2 N–H and O–H groups in total. The summed E-state index contributed by atoms with van der Waals surface area (Å²) in [5.41, 5.74) is 1.80. The Morgan fingerprint density at radius 1 is 1.45 bits per heavy atom. The van der Waals surface area contributed by atoms with Gasteiger partial charge in [-0.1, -0.05) is 11.6 Å². The van der Waals surface area contributed by atoms with Crippen LogP contribution >= 0.6 is 22.9 Å². The molecule has 2 aromatic rings. The molecule has 0 unspecified atom stereocenters. The highest BCUT2D eigenvalue weighted by Gasteiger charge is 2.19. The van der Waals surface area contributed by atoms with E-state index >= 15 is 0 Å². The Bertz CT molecular complexity index is 674. The molecule has 2 heterocycles. The maximum absolute atomic E-state index is 13.9. The molecular formula is C13H11ClFN3OS. The predicted molar refractivity (Wildman–Crippen MR) is 77.8 cm³/mol. The average molecular weight is 312 g/mol. The van der Waals surface area contributed by atoms with E-state index in [-0.39, 0.29) is 5.91 Å². The first-order chi connectivity index (χ1) is 9.61. The lowest BCUT2D eigenvalue weighted by Crippen LogP contribution is -2.20. The number of carbonyl (C=O) groups is 1. The number of nitrogens with one attached hydrogen (secondary N) is 2. The molecule has 0 radical (unpaired) electrons. The lowest BCUT2D eigenvalue weighted by Gasteiger charge is -2.18. The Morgan fingerprint density at radius 2 is 2.30 bits per heavy atom. The van der Waals surface area contributed by atoms with Crippen LogP contribution in [0.5, 0.6) is 0 Å². The highest BCUT2D eigenvalue weighted by Crippen LogP contribution is 2.29. The summed E-state index contributed by atoms with van der Waals surface area (Å²) in [6.07, 6.45) is 2.63. The van der Waals surface area contributed by atoms with Gasteiger partial charge in [0.25, 0.3) is 0 Å². The third kappa shape index (κ3) is 2.76. The number of aromatic nitrogens is 1. The van der Waals surface area contributed by atoms with Gasteiger partial charge in [0.15, 0.2) is 4.47 Å². The summed E-state index contributed by atoms with van der Waals surface area (Å²) >= 11 is 7.14. The number of hydrogen-bond donors (Lipinski definition) is 2. The molecule has 0 saturated heterocycles. The fraction of sp³-hybridized carbons (Fsp3) is 0.231. The number of thiazole rings is 1. The van der Waals surface area contributed by atoms with Crippen LogP contribution in [-0.2, 0) is 17.8 Å². The lowest BCUT2D eigenvalue weighted by atomic mass is 10.0. The molecule has 1 aromatic carbocycles. The minimum absolute atomic E-state index is 0.142. The highest BCUT2D eigenvalue weighted by molar-refractivity contribution is 7.15. The number of nitrogens with zero attached hydrogens (tertiary/aromatic N) is 1. The summed E-state index contributed by atoms with van der Waals surface area (Å²) < 4.78 is 14.4. The quantitative estimate of drug-likeness (QED) is 0.913. The molecule has 7 heteroatoms. The molecule has 4 nitrogen and oxygen atoms in total. The molecule has 1 aliphatic rings. The topological polar surface area (TPSA) is 54.0 Å². The van der Waals surface area contributed by atoms with Gasteiger partial charge in [-0.15, -0.1) is 11.3 Å². The summed E-state index contributed by atoms with van der Waals surface area (Å²) in [5.74, 6) is -0.559. The van der Waals surface area contributed by atoms with Gasteiger partial charge in [-0.05, 0) is 24.1 Å². The zero-order valence-electron chi connectivity index (χ0n) is 10.4. The van der Waals surface area contributed by atoms with Crippen LogP contribution in [0.1, 0.15) is 16.9 Å². The first kappa shape index (κ1) is 13.3. The van der Waals surface area contributed by atoms with Crippen molar-refractivity contribution in [2.24, 2.45) is 0 Å². The fourth-order valence-electron chi connectivity index (χ4n) is 2.11. The van der Waals surface area contributed by atoms with E-state index in [4.69, 9.17) is 11.6 Å². The van der Waals surface area contributed by atoms with Crippen LogP contribution in [0.3, 0.4) is 0 Å². The van der Waals surface area contributed by atoms with Crippen molar-refractivity contribution in [3.63, 3.8) is 0 Å². The van der Waals surface area contributed by atoms with Crippen molar-refractivity contribution >= 4 is 40.2 Å². The standard InChI is InChI=1S/C13H11ClFN3OS/c14-13-17-6-9(20-13)5-16-8-3-7-1-2-11(19)18-12(7)10(15)4-8/h3-4,6,16H,1-2,5H2,(H,18,19). The van der Waals surface area contributed by atoms with Gasteiger partial charge in [0.05, 0.1) is 12.2 Å². The normalized spacial score (nSPS) is 13.8. The highest BCUT2D eigenvalue weighted by atomic mass is 35.5. The number of rotatable bonds is 3. The lowest BCUT2D eigenvalue weighted by molar-refractivity contribution is -0.116. The molecule has 1 amide bonds. The van der Waals surface area contributed by atoms with Gasteiger partial charge in [0, 0.05) is 23.2 Å². The molecular weight excluding hydrogens is 301 g/mol. The number of benzene rings is 1. The first-order valence-corrected chi connectivity index (χ1v) is 7.27. The number of amides is 1. The van der Waals surface area contributed by atoms with Crippen LogP contribution in [0.2, 0.25) is 4.47 Å². The smallest absolute Gasteiger partial charge is 0.224 e. The third-order valence-corrected chi connectivity index (χ3v) is 4.16. The van der Waals surface area contributed by atoms with Crippen molar-refractivity contribution in [3.8, 4) is 0 Å². The van der Waals surface area contributed by atoms with E-state index in [1.54, 1.807) is 6.20 Å². The van der Waals surface area contributed by atoms with Crippen LogP contribution in [0.15, 0.2) is 18.3 Å². The molecule has 0 fully saturated rings. The Hall–Kier alpha value is -1.66. The minimum atomic E-state index is -0.416. The van der Waals surface area contributed by atoms with Crippen molar-refractivity contribution in [1.29, 1.82) is 0 Å². The summed E-state index contributed by atoms with van der Waals surface area (Å²) in [7, 11) is 0. The van der Waals surface area contributed by atoms with Gasteiger partial charge >= 0.3 is 0 Å². The SMILES string of the molecule is O=C1CCc2cc(NCc3cnc(Cl)s3)cc(F)c2N1. The molecule has 0 atom stereocenters. The van der Waals surface area contributed by atoms with Gasteiger partial charge in [0.2, 0.25) is 5.91 Å². The van der Waals surface area contributed by atoms with Crippen molar-refractivity contribution in [2.45, 2.75) is 19.4 Å². The van der Waals surface area contributed by atoms with Gasteiger partial charge in [-0.2, -0.15) is 0 Å².